The van der Waals surface area contributed by atoms with Gasteiger partial charge in [0.1, 0.15) is 4.60 Å². The van der Waals surface area contributed by atoms with Crippen molar-refractivity contribution in [1.82, 2.24) is 4.98 Å². The molecule has 0 aliphatic heterocycles. The van der Waals surface area contributed by atoms with Crippen molar-refractivity contribution in [2.24, 2.45) is 5.41 Å². The van der Waals surface area contributed by atoms with E-state index in [-0.39, 0.29) is 12.0 Å². The van der Waals surface area contributed by atoms with E-state index in [1.807, 2.05) is 26.0 Å². The first-order chi connectivity index (χ1) is 6.53. The Balaban J connectivity index is 2.50. The average Bonchev–Trinajstić information content (AvgIpc) is 2.17. The summed E-state index contributed by atoms with van der Waals surface area (Å²) in [6.07, 6.45) is 1.76. The fraction of sp³-hybridized carbons (Fsp3) is 0.500. The van der Waals surface area contributed by atoms with Crippen LogP contribution in [-0.2, 0) is 0 Å². The summed E-state index contributed by atoms with van der Waals surface area (Å²) < 4.78 is 0.824. The minimum absolute atomic E-state index is 0.104. The molecule has 4 heteroatoms. The van der Waals surface area contributed by atoms with Crippen LogP contribution in [0.5, 0.6) is 0 Å². The van der Waals surface area contributed by atoms with Crippen LogP contribution in [0.2, 0.25) is 0 Å². The lowest BCUT2D eigenvalue weighted by molar-refractivity contribution is 0.171. The van der Waals surface area contributed by atoms with Gasteiger partial charge in [-0.3, -0.25) is 0 Å². The van der Waals surface area contributed by atoms with Crippen LogP contribution in [0.25, 0.3) is 0 Å². The number of aromatic nitrogens is 1. The number of aliphatic hydroxyl groups is 1. The third-order valence-corrected chi connectivity index (χ3v) is 2.40. The highest BCUT2D eigenvalue weighted by atomic mass is 79.9. The molecule has 78 valence electrons. The fourth-order valence-electron chi connectivity index (χ4n) is 0.878. The zero-order valence-corrected chi connectivity index (χ0v) is 10.0. The van der Waals surface area contributed by atoms with E-state index in [2.05, 4.69) is 26.2 Å². The van der Waals surface area contributed by atoms with Gasteiger partial charge in [0.25, 0.3) is 0 Å². The fourth-order valence-corrected chi connectivity index (χ4v) is 1.11. The van der Waals surface area contributed by atoms with Crippen molar-refractivity contribution in [3.05, 3.63) is 22.9 Å². The Morgan fingerprint density at radius 2 is 2.21 bits per heavy atom. The zero-order valence-electron chi connectivity index (χ0n) is 8.42. The Morgan fingerprint density at radius 3 is 2.71 bits per heavy atom. The van der Waals surface area contributed by atoms with Crippen LogP contribution in [0, 0.1) is 5.41 Å². The van der Waals surface area contributed by atoms with Gasteiger partial charge in [-0.1, -0.05) is 13.8 Å². The Kier molecular flexibility index (Phi) is 3.89. The van der Waals surface area contributed by atoms with E-state index >= 15 is 0 Å². The molecule has 1 aromatic rings. The molecule has 0 fully saturated rings. The molecule has 0 aliphatic carbocycles. The van der Waals surface area contributed by atoms with Gasteiger partial charge in [0.05, 0.1) is 11.9 Å². The molecule has 0 amide bonds. The molecule has 0 radical (unpaired) electrons. The van der Waals surface area contributed by atoms with Gasteiger partial charge < -0.3 is 10.4 Å². The van der Waals surface area contributed by atoms with E-state index in [0.29, 0.717) is 0 Å². The second-order valence-electron chi connectivity index (χ2n) is 4.05. The average molecular weight is 259 g/mol. The molecule has 0 spiro atoms. The number of nitrogens with zero attached hydrogens (tertiary/aromatic N) is 1. The number of hydrogen-bond acceptors (Lipinski definition) is 3. The predicted octanol–water partition coefficient (Wildman–Crippen LogP) is 2.27. The maximum atomic E-state index is 9.05. The summed E-state index contributed by atoms with van der Waals surface area (Å²) in [4.78, 5) is 4.10. The lowest BCUT2D eigenvalue weighted by atomic mass is 9.95. The maximum absolute atomic E-state index is 9.05. The van der Waals surface area contributed by atoms with Crippen LogP contribution >= 0.6 is 15.9 Å². The first-order valence-electron chi connectivity index (χ1n) is 4.50. The van der Waals surface area contributed by atoms with E-state index < -0.39 is 0 Å². The van der Waals surface area contributed by atoms with E-state index in [1.54, 1.807) is 6.20 Å². The van der Waals surface area contributed by atoms with Gasteiger partial charge in [0, 0.05) is 18.6 Å². The van der Waals surface area contributed by atoms with Crippen molar-refractivity contribution in [2.45, 2.75) is 13.8 Å². The zero-order chi connectivity index (χ0) is 10.6. The number of rotatable bonds is 4. The molecule has 0 aliphatic rings. The van der Waals surface area contributed by atoms with Gasteiger partial charge in [-0.25, -0.2) is 4.98 Å². The molecule has 0 aromatic carbocycles. The summed E-state index contributed by atoms with van der Waals surface area (Å²) in [5, 5.41) is 12.3. The van der Waals surface area contributed by atoms with Crippen molar-refractivity contribution in [2.75, 3.05) is 18.5 Å². The molecular formula is C10H15BrN2O. The monoisotopic (exact) mass is 258 g/mol. The molecule has 0 saturated carbocycles. The SMILES string of the molecule is CC(C)(CO)CNc1ccc(Br)nc1. The standard InChI is InChI=1S/C10H15BrN2O/c1-10(2,7-14)6-13-8-3-4-9(11)12-5-8/h3-5,13-14H,6-7H2,1-2H3. The van der Waals surface area contributed by atoms with Crippen molar-refractivity contribution >= 4 is 21.6 Å². The van der Waals surface area contributed by atoms with Gasteiger partial charge in [-0.15, -0.1) is 0 Å². The minimum atomic E-state index is -0.104. The second kappa shape index (κ2) is 4.75. The number of anilines is 1. The molecule has 0 unspecified atom stereocenters. The number of aliphatic hydroxyl groups excluding tert-OH is 1. The Bertz CT molecular complexity index is 285. The smallest absolute Gasteiger partial charge is 0.106 e. The Labute approximate surface area is 92.7 Å². The highest BCUT2D eigenvalue weighted by Gasteiger charge is 2.15. The first kappa shape index (κ1) is 11.5. The van der Waals surface area contributed by atoms with Crippen LogP contribution in [0.3, 0.4) is 0 Å². The lowest BCUT2D eigenvalue weighted by Gasteiger charge is -2.22. The summed E-state index contributed by atoms with van der Waals surface area (Å²) in [6, 6.07) is 3.83. The topological polar surface area (TPSA) is 45.1 Å². The van der Waals surface area contributed by atoms with Gasteiger partial charge in [-0.05, 0) is 28.1 Å². The first-order valence-corrected chi connectivity index (χ1v) is 5.29. The molecular weight excluding hydrogens is 244 g/mol. The molecule has 1 heterocycles. The summed E-state index contributed by atoms with van der Waals surface area (Å²) in [6.45, 7) is 4.91. The normalized spacial score (nSPS) is 11.4. The third kappa shape index (κ3) is 3.64. The molecule has 1 rings (SSSR count). The van der Waals surface area contributed by atoms with E-state index in [9.17, 15) is 0 Å². The van der Waals surface area contributed by atoms with Crippen LogP contribution in [0.15, 0.2) is 22.9 Å². The predicted molar refractivity (Wildman–Crippen MR) is 61.3 cm³/mol. The maximum Gasteiger partial charge on any atom is 0.106 e. The molecule has 0 saturated heterocycles. The van der Waals surface area contributed by atoms with Crippen LogP contribution in [-0.4, -0.2) is 23.2 Å². The second-order valence-corrected chi connectivity index (χ2v) is 4.86. The van der Waals surface area contributed by atoms with Crippen molar-refractivity contribution in [1.29, 1.82) is 0 Å². The highest BCUT2D eigenvalue weighted by molar-refractivity contribution is 9.10. The van der Waals surface area contributed by atoms with E-state index in [0.717, 1.165) is 16.8 Å². The van der Waals surface area contributed by atoms with Gasteiger partial charge in [0.15, 0.2) is 0 Å². The quantitative estimate of drug-likeness (QED) is 0.815. The van der Waals surface area contributed by atoms with E-state index in [1.165, 1.54) is 0 Å². The Hall–Kier alpha value is -0.610. The summed E-state index contributed by atoms with van der Waals surface area (Å²) >= 11 is 3.27. The number of halogens is 1. The van der Waals surface area contributed by atoms with Crippen molar-refractivity contribution in [3.63, 3.8) is 0 Å². The van der Waals surface area contributed by atoms with Gasteiger partial charge >= 0.3 is 0 Å². The minimum Gasteiger partial charge on any atom is -0.396 e. The van der Waals surface area contributed by atoms with Crippen LogP contribution < -0.4 is 5.32 Å². The third-order valence-electron chi connectivity index (χ3n) is 1.93. The van der Waals surface area contributed by atoms with Crippen molar-refractivity contribution < 1.29 is 5.11 Å². The van der Waals surface area contributed by atoms with E-state index in [4.69, 9.17) is 5.11 Å². The molecule has 2 N–H and O–H groups in total. The largest absolute Gasteiger partial charge is 0.396 e. The van der Waals surface area contributed by atoms with Gasteiger partial charge in [0.2, 0.25) is 0 Å². The molecule has 0 atom stereocenters. The van der Waals surface area contributed by atoms with Gasteiger partial charge in [-0.2, -0.15) is 0 Å². The lowest BCUT2D eigenvalue weighted by Crippen LogP contribution is -2.26. The number of nitrogens with one attached hydrogen (secondary N) is 1. The summed E-state index contributed by atoms with van der Waals surface area (Å²) in [5.41, 5.74) is 0.863. The summed E-state index contributed by atoms with van der Waals surface area (Å²) in [7, 11) is 0. The molecule has 14 heavy (non-hydrogen) atoms. The van der Waals surface area contributed by atoms with Crippen molar-refractivity contribution in [3.8, 4) is 0 Å². The Morgan fingerprint density at radius 1 is 1.50 bits per heavy atom. The molecule has 3 nitrogen and oxygen atoms in total. The van der Waals surface area contributed by atoms with Crippen LogP contribution in [0.1, 0.15) is 13.8 Å². The molecule has 1 aromatic heterocycles. The number of hydrogen-bond donors (Lipinski definition) is 2. The number of pyridine rings is 1. The highest BCUT2D eigenvalue weighted by Crippen LogP contribution is 2.16. The molecule has 0 bridgehead atoms. The summed E-state index contributed by atoms with van der Waals surface area (Å²) in [5.74, 6) is 0. The van der Waals surface area contributed by atoms with Crippen LogP contribution in [0.4, 0.5) is 5.69 Å².